The number of likely N-dealkylation sites (tertiary alicyclic amines) is 1. The van der Waals surface area contributed by atoms with Crippen molar-refractivity contribution in [2.45, 2.75) is 19.8 Å². The zero-order chi connectivity index (χ0) is 14.1. The minimum atomic E-state index is -0.0156. The minimum absolute atomic E-state index is 0.0156. The van der Waals surface area contributed by atoms with E-state index < -0.39 is 0 Å². The molecule has 1 atom stereocenters. The molecule has 0 spiro atoms. The molecule has 2 aromatic rings. The standard InChI is InChI=1S/C14H18N4O2/c1-9-12-5-11(6-15-13(12)17-16-9)14(20)18-4-2-3-10(7-18)8-19/h5-6,10,19H,2-4,7-8H2,1H3,(H,15,16,17). The number of H-pyrrole nitrogens is 1. The number of aryl methyl sites for hydroxylation is 1. The molecule has 6 heteroatoms. The van der Waals surface area contributed by atoms with Crippen LogP contribution in [0, 0.1) is 12.8 Å². The van der Waals surface area contributed by atoms with Crippen molar-refractivity contribution in [1.82, 2.24) is 20.1 Å². The molecule has 0 radical (unpaired) electrons. The lowest BCUT2D eigenvalue weighted by Gasteiger charge is -2.31. The van der Waals surface area contributed by atoms with Gasteiger partial charge in [0.2, 0.25) is 0 Å². The number of carbonyl (C=O) groups excluding carboxylic acids is 1. The topological polar surface area (TPSA) is 82.1 Å². The van der Waals surface area contributed by atoms with Crippen LogP contribution in [0.15, 0.2) is 12.3 Å². The number of aromatic amines is 1. The molecule has 3 heterocycles. The van der Waals surface area contributed by atoms with Gasteiger partial charge < -0.3 is 10.0 Å². The zero-order valence-corrected chi connectivity index (χ0v) is 11.5. The molecular weight excluding hydrogens is 256 g/mol. The van der Waals surface area contributed by atoms with Crippen LogP contribution in [0.5, 0.6) is 0 Å². The van der Waals surface area contributed by atoms with Gasteiger partial charge >= 0.3 is 0 Å². The first-order valence-corrected chi connectivity index (χ1v) is 6.90. The van der Waals surface area contributed by atoms with E-state index in [0.717, 1.165) is 30.5 Å². The van der Waals surface area contributed by atoms with Gasteiger partial charge in [0.25, 0.3) is 5.91 Å². The van der Waals surface area contributed by atoms with Gasteiger partial charge in [0.05, 0.1) is 5.56 Å². The summed E-state index contributed by atoms with van der Waals surface area (Å²) < 4.78 is 0. The second-order valence-corrected chi connectivity index (χ2v) is 5.39. The van der Waals surface area contributed by atoms with Gasteiger partial charge in [-0.3, -0.25) is 9.89 Å². The molecule has 1 aliphatic heterocycles. The quantitative estimate of drug-likeness (QED) is 0.859. The van der Waals surface area contributed by atoms with Crippen molar-refractivity contribution in [3.05, 3.63) is 23.5 Å². The van der Waals surface area contributed by atoms with Gasteiger partial charge in [-0.05, 0) is 31.7 Å². The maximum atomic E-state index is 12.5. The predicted octanol–water partition coefficient (Wildman–Crippen LogP) is 1.11. The van der Waals surface area contributed by atoms with Gasteiger partial charge in [0.15, 0.2) is 5.65 Å². The van der Waals surface area contributed by atoms with Crippen LogP contribution in [-0.2, 0) is 0 Å². The first-order valence-electron chi connectivity index (χ1n) is 6.90. The fourth-order valence-electron chi connectivity index (χ4n) is 2.72. The Bertz CT molecular complexity index is 637. The number of aromatic nitrogens is 3. The Morgan fingerprint density at radius 1 is 1.60 bits per heavy atom. The van der Waals surface area contributed by atoms with Gasteiger partial charge in [0.1, 0.15) is 0 Å². The average Bonchev–Trinajstić information content (AvgIpc) is 2.87. The van der Waals surface area contributed by atoms with E-state index in [1.54, 1.807) is 6.20 Å². The molecular formula is C14H18N4O2. The third-order valence-electron chi connectivity index (χ3n) is 3.91. The van der Waals surface area contributed by atoms with E-state index in [0.29, 0.717) is 17.8 Å². The second-order valence-electron chi connectivity index (χ2n) is 5.39. The van der Waals surface area contributed by atoms with Crippen LogP contribution in [0.2, 0.25) is 0 Å². The number of aliphatic hydroxyl groups is 1. The molecule has 0 aromatic carbocycles. The number of nitrogens with zero attached hydrogens (tertiary/aromatic N) is 3. The summed E-state index contributed by atoms with van der Waals surface area (Å²) in [5.41, 5.74) is 2.13. The average molecular weight is 274 g/mol. The highest BCUT2D eigenvalue weighted by atomic mass is 16.3. The molecule has 1 aliphatic rings. The van der Waals surface area contributed by atoms with E-state index in [4.69, 9.17) is 0 Å². The number of pyridine rings is 1. The highest BCUT2D eigenvalue weighted by Gasteiger charge is 2.24. The van der Waals surface area contributed by atoms with E-state index in [1.165, 1.54) is 0 Å². The third-order valence-corrected chi connectivity index (χ3v) is 3.91. The molecule has 1 amide bonds. The van der Waals surface area contributed by atoms with Gasteiger partial charge in [-0.15, -0.1) is 0 Å². The lowest BCUT2D eigenvalue weighted by atomic mass is 9.98. The summed E-state index contributed by atoms with van der Waals surface area (Å²) in [5.74, 6) is 0.179. The monoisotopic (exact) mass is 274 g/mol. The highest BCUT2D eigenvalue weighted by molar-refractivity contribution is 5.97. The van der Waals surface area contributed by atoms with Crippen molar-refractivity contribution in [3.8, 4) is 0 Å². The van der Waals surface area contributed by atoms with E-state index in [1.807, 2.05) is 17.9 Å². The molecule has 6 nitrogen and oxygen atoms in total. The number of amides is 1. The van der Waals surface area contributed by atoms with E-state index >= 15 is 0 Å². The van der Waals surface area contributed by atoms with Crippen LogP contribution in [0.1, 0.15) is 28.9 Å². The fraction of sp³-hybridized carbons (Fsp3) is 0.500. The smallest absolute Gasteiger partial charge is 0.255 e. The summed E-state index contributed by atoms with van der Waals surface area (Å²) in [6, 6.07) is 1.84. The maximum Gasteiger partial charge on any atom is 0.255 e. The normalized spacial score (nSPS) is 19.5. The van der Waals surface area contributed by atoms with Crippen molar-refractivity contribution in [2.24, 2.45) is 5.92 Å². The molecule has 3 rings (SSSR count). The number of nitrogens with one attached hydrogen (secondary N) is 1. The van der Waals surface area contributed by atoms with Crippen LogP contribution in [0.4, 0.5) is 0 Å². The summed E-state index contributed by atoms with van der Waals surface area (Å²) in [4.78, 5) is 18.5. The van der Waals surface area contributed by atoms with Gasteiger partial charge in [-0.1, -0.05) is 0 Å². The molecule has 2 N–H and O–H groups in total. The lowest BCUT2D eigenvalue weighted by Crippen LogP contribution is -2.40. The van der Waals surface area contributed by atoms with E-state index in [9.17, 15) is 9.90 Å². The number of hydrogen-bond donors (Lipinski definition) is 2. The number of piperidine rings is 1. The Morgan fingerprint density at radius 3 is 3.25 bits per heavy atom. The summed E-state index contributed by atoms with van der Waals surface area (Å²) in [5, 5.41) is 17.1. The van der Waals surface area contributed by atoms with Gasteiger partial charge in [-0.2, -0.15) is 5.10 Å². The maximum absolute atomic E-state index is 12.5. The number of rotatable bonds is 2. The first-order chi connectivity index (χ1) is 9.69. The summed E-state index contributed by atoms with van der Waals surface area (Å²) >= 11 is 0. The SMILES string of the molecule is Cc1[nH]nc2ncc(C(=O)N3CCCC(CO)C3)cc12. The third kappa shape index (κ3) is 2.27. The van der Waals surface area contributed by atoms with Gasteiger partial charge in [-0.25, -0.2) is 4.98 Å². The molecule has 0 aliphatic carbocycles. The van der Waals surface area contributed by atoms with Gasteiger partial charge in [0, 0.05) is 37.0 Å². The van der Waals surface area contributed by atoms with Crippen molar-refractivity contribution in [2.75, 3.05) is 19.7 Å². The van der Waals surface area contributed by atoms with Crippen LogP contribution in [0.3, 0.4) is 0 Å². The molecule has 2 aromatic heterocycles. The molecule has 1 unspecified atom stereocenters. The number of fused-ring (bicyclic) bond motifs is 1. The molecule has 20 heavy (non-hydrogen) atoms. The largest absolute Gasteiger partial charge is 0.396 e. The fourth-order valence-corrected chi connectivity index (χ4v) is 2.72. The van der Waals surface area contributed by atoms with Crippen molar-refractivity contribution in [3.63, 3.8) is 0 Å². The summed E-state index contributed by atoms with van der Waals surface area (Å²) in [6.45, 7) is 3.42. The molecule has 0 saturated carbocycles. The summed E-state index contributed by atoms with van der Waals surface area (Å²) in [6.07, 6.45) is 3.50. The zero-order valence-electron chi connectivity index (χ0n) is 11.5. The Balaban J connectivity index is 1.86. The van der Waals surface area contributed by atoms with Crippen molar-refractivity contribution in [1.29, 1.82) is 0 Å². The van der Waals surface area contributed by atoms with Crippen molar-refractivity contribution >= 4 is 16.9 Å². The summed E-state index contributed by atoms with van der Waals surface area (Å²) in [7, 11) is 0. The van der Waals surface area contributed by atoms with Crippen LogP contribution in [0.25, 0.3) is 11.0 Å². The van der Waals surface area contributed by atoms with Crippen LogP contribution < -0.4 is 0 Å². The highest BCUT2D eigenvalue weighted by Crippen LogP contribution is 2.20. The Labute approximate surface area is 116 Å². The van der Waals surface area contributed by atoms with Crippen LogP contribution in [-0.4, -0.2) is 50.8 Å². The number of carbonyl (C=O) groups is 1. The van der Waals surface area contributed by atoms with Crippen molar-refractivity contribution < 1.29 is 9.90 Å². The number of hydrogen-bond acceptors (Lipinski definition) is 4. The van der Waals surface area contributed by atoms with Crippen LogP contribution >= 0.6 is 0 Å². The Kier molecular flexibility index (Phi) is 3.40. The second kappa shape index (κ2) is 5.20. The van der Waals surface area contributed by atoms with E-state index in [-0.39, 0.29) is 18.4 Å². The first kappa shape index (κ1) is 13.1. The predicted molar refractivity (Wildman–Crippen MR) is 74.3 cm³/mol. The molecule has 1 saturated heterocycles. The molecule has 106 valence electrons. The lowest BCUT2D eigenvalue weighted by molar-refractivity contribution is 0.0620. The minimum Gasteiger partial charge on any atom is -0.396 e. The Morgan fingerprint density at radius 2 is 2.45 bits per heavy atom. The molecule has 0 bridgehead atoms. The van der Waals surface area contributed by atoms with E-state index in [2.05, 4.69) is 15.2 Å². The Hall–Kier alpha value is -1.95. The number of aliphatic hydroxyl groups excluding tert-OH is 1. The molecule has 1 fully saturated rings.